The number of aromatic nitrogens is 3. The van der Waals surface area contributed by atoms with Gasteiger partial charge in [0.25, 0.3) is 0 Å². The Balaban J connectivity index is 1.75. The fourth-order valence-electron chi connectivity index (χ4n) is 2.05. The molecular formula is C12H11BrN4OS. The van der Waals surface area contributed by atoms with E-state index in [1.54, 1.807) is 0 Å². The van der Waals surface area contributed by atoms with Crippen molar-refractivity contribution in [1.29, 1.82) is 0 Å². The van der Waals surface area contributed by atoms with Gasteiger partial charge < -0.3 is 4.90 Å². The van der Waals surface area contributed by atoms with Crippen LogP contribution in [0.4, 0.5) is 5.69 Å². The monoisotopic (exact) mass is 338 g/mol. The Morgan fingerprint density at radius 1 is 1.47 bits per heavy atom. The van der Waals surface area contributed by atoms with Gasteiger partial charge in [-0.05, 0) is 24.6 Å². The zero-order chi connectivity index (χ0) is 13.2. The SMILES string of the molecule is O=C1[C@H](Sc2ncn[nH]2)CCN1c1cccc(Br)c1. The standard InChI is InChI=1S/C12H11BrN4OS/c13-8-2-1-3-9(6-8)17-5-4-10(11(17)18)19-12-14-7-15-16-12/h1-3,6-7,10H,4-5H2,(H,14,15,16)/t10-/m1/s1. The molecule has 1 fully saturated rings. The largest absolute Gasteiger partial charge is 0.311 e. The molecule has 2 aromatic rings. The highest BCUT2D eigenvalue weighted by Crippen LogP contribution is 2.32. The first-order chi connectivity index (χ1) is 9.24. The molecule has 0 bridgehead atoms. The third-order valence-electron chi connectivity index (χ3n) is 2.92. The highest BCUT2D eigenvalue weighted by molar-refractivity contribution is 9.10. The van der Waals surface area contributed by atoms with Crippen molar-refractivity contribution in [1.82, 2.24) is 15.2 Å². The molecule has 1 aliphatic rings. The van der Waals surface area contributed by atoms with E-state index in [2.05, 4.69) is 31.1 Å². The lowest BCUT2D eigenvalue weighted by molar-refractivity contribution is -0.116. The Hall–Kier alpha value is -1.34. The molecule has 0 radical (unpaired) electrons. The van der Waals surface area contributed by atoms with E-state index in [0.29, 0.717) is 5.16 Å². The van der Waals surface area contributed by atoms with E-state index in [9.17, 15) is 4.79 Å². The average Bonchev–Trinajstić information content (AvgIpc) is 3.01. The van der Waals surface area contributed by atoms with E-state index in [4.69, 9.17) is 0 Å². The molecule has 1 amide bonds. The summed E-state index contributed by atoms with van der Waals surface area (Å²) in [6, 6.07) is 7.79. The fourth-order valence-corrected chi connectivity index (χ4v) is 3.37. The van der Waals surface area contributed by atoms with Crippen LogP contribution in [0.15, 0.2) is 40.2 Å². The molecule has 0 spiro atoms. The predicted molar refractivity (Wildman–Crippen MR) is 77.1 cm³/mol. The summed E-state index contributed by atoms with van der Waals surface area (Å²) in [6.45, 7) is 0.737. The second-order valence-electron chi connectivity index (χ2n) is 4.16. The minimum atomic E-state index is -0.0908. The van der Waals surface area contributed by atoms with E-state index >= 15 is 0 Å². The number of thioether (sulfide) groups is 1. The highest BCUT2D eigenvalue weighted by atomic mass is 79.9. The number of halogens is 1. The normalized spacial score (nSPS) is 19.1. The van der Waals surface area contributed by atoms with Crippen LogP contribution in [-0.4, -0.2) is 32.9 Å². The average molecular weight is 339 g/mol. The molecule has 1 aliphatic heterocycles. The van der Waals surface area contributed by atoms with Crippen molar-refractivity contribution in [3.8, 4) is 0 Å². The van der Waals surface area contributed by atoms with E-state index in [1.165, 1.54) is 18.1 Å². The summed E-state index contributed by atoms with van der Waals surface area (Å²) in [5.74, 6) is 0.125. The quantitative estimate of drug-likeness (QED) is 0.933. The molecule has 5 nitrogen and oxygen atoms in total. The number of carbonyl (C=O) groups excluding carboxylic acids is 1. The summed E-state index contributed by atoms with van der Waals surface area (Å²) < 4.78 is 0.976. The van der Waals surface area contributed by atoms with Crippen molar-refractivity contribution in [2.45, 2.75) is 16.8 Å². The van der Waals surface area contributed by atoms with Gasteiger partial charge in [0.15, 0.2) is 5.16 Å². The van der Waals surface area contributed by atoms with Crippen LogP contribution < -0.4 is 4.90 Å². The number of nitrogens with one attached hydrogen (secondary N) is 1. The Labute approximate surface area is 122 Å². The minimum Gasteiger partial charge on any atom is -0.311 e. The number of H-pyrrole nitrogens is 1. The predicted octanol–water partition coefficient (Wildman–Crippen LogP) is 2.46. The van der Waals surface area contributed by atoms with Crippen molar-refractivity contribution < 1.29 is 4.79 Å². The first-order valence-corrected chi connectivity index (χ1v) is 7.50. The Morgan fingerprint density at radius 3 is 3.11 bits per heavy atom. The topological polar surface area (TPSA) is 61.9 Å². The molecular weight excluding hydrogens is 328 g/mol. The van der Waals surface area contributed by atoms with Gasteiger partial charge in [-0.25, -0.2) is 4.98 Å². The van der Waals surface area contributed by atoms with Crippen molar-refractivity contribution in [3.63, 3.8) is 0 Å². The molecule has 0 unspecified atom stereocenters. The highest BCUT2D eigenvalue weighted by Gasteiger charge is 2.33. The molecule has 0 aliphatic carbocycles. The first-order valence-electron chi connectivity index (χ1n) is 5.83. The number of carbonyl (C=O) groups is 1. The van der Waals surface area contributed by atoms with E-state index in [1.807, 2.05) is 29.2 Å². The molecule has 1 aromatic heterocycles. The summed E-state index contributed by atoms with van der Waals surface area (Å²) in [6.07, 6.45) is 2.27. The van der Waals surface area contributed by atoms with Crippen LogP contribution in [0, 0.1) is 0 Å². The van der Waals surface area contributed by atoms with E-state index in [-0.39, 0.29) is 11.2 Å². The van der Waals surface area contributed by atoms with Gasteiger partial charge in [0.05, 0.1) is 5.25 Å². The lowest BCUT2D eigenvalue weighted by Crippen LogP contribution is -2.28. The lowest BCUT2D eigenvalue weighted by Gasteiger charge is -2.16. The first kappa shape index (κ1) is 12.7. The maximum atomic E-state index is 12.4. The summed E-state index contributed by atoms with van der Waals surface area (Å²) in [7, 11) is 0. The van der Waals surface area contributed by atoms with Crippen molar-refractivity contribution in [2.75, 3.05) is 11.4 Å². The number of hydrogen-bond acceptors (Lipinski definition) is 4. The van der Waals surface area contributed by atoms with Crippen LogP contribution in [0.5, 0.6) is 0 Å². The number of rotatable bonds is 3. The number of nitrogens with zero attached hydrogens (tertiary/aromatic N) is 3. The number of amides is 1. The van der Waals surface area contributed by atoms with Gasteiger partial charge >= 0.3 is 0 Å². The smallest absolute Gasteiger partial charge is 0.240 e. The third kappa shape index (κ3) is 2.66. The van der Waals surface area contributed by atoms with Crippen LogP contribution in [0.3, 0.4) is 0 Å². The third-order valence-corrected chi connectivity index (χ3v) is 4.56. The van der Waals surface area contributed by atoms with Gasteiger partial charge in [0, 0.05) is 16.7 Å². The summed E-state index contributed by atoms with van der Waals surface area (Å²) >= 11 is 4.86. The molecule has 1 saturated heterocycles. The van der Waals surface area contributed by atoms with E-state index in [0.717, 1.165) is 23.1 Å². The van der Waals surface area contributed by atoms with Crippen molar-refractivity contribution >= 4 is 39.3 Å². The van der Waals surface area contributed by atoms with Crippen LogP contribution in [0.1, 0.15) is 6.42 Å². The molecule has 2 heterocycles. The summed E-state index contributed by atoms with van der Waals surface area (Å²) in [4.78, 5) is 18.2. The van der Waals surface area contributed by atoms with Gasteiger partial charge in [-0.15, -0.1) is 0 Å². The molecule has 98 valence electrons. The Kier molecular flexibility index (Phi) is 3.56. The van der Waals surface area contributed by atoms with Gasteiger partial charge in [0.1, 0.15) is 6.33 Å². The Morgan fingerprint density at radius 2 is 2.37 bits per heavy atom. The molecule has 7 heteroatoms. The molecule has 3 rings (SSSR count). The maximum absolute atomic E-state index is 12.4. The zero-order valence-electron chi connectivity index (χ0n) is 9.91. The molecule has 0 saturated carbocycles. The number of anilines is 1. The van der Waals surface area contributed by atoms with Crippen LogP contribution in [-0.2, 0) is 4.79 Å². The lowest BCUT2D eigenvalue weighted by atomic mass is 10.3. The number of hydrogen-bond donors (Lipinski definition) is 1. The minimum absolute atomic E-state index is 0.0908. The van der Waals surface area contributed by atoms with Gasteiger partial charge in [-0.2, -0.15) is 5.10 Å². The second-order valence-corrected chi connectivity index (χ2v) is 6.26. The van der Waals surface area contributed by atoms with E-state index < -0.39 is 0 Å². The second kappa shape index (κ2) is 5.34. The zero-order valence-corrected chi connectivity index (χ0v) is 12.3. The Bertz CT molecular complexity index is 589. The van der Waals surface area contributed by atoms with Crippen LogP contribution >= 0.6 is 27.7 Å². The van der Waals surface area contributed by atoms with Gasteiger partial charge in [-0.3, -0.25) is 9.89 Å². The summed E-state index contributed by atoms with van der Waals surface area (Å²) in [5.41, 5.74) is 0.931. The van der Waals surface area contributed by atoms with Crippen molar-refractivity contribution in [2.24, 2.45) is 0 Å². The summed E-state index contributed by atoms with van der Waals surface area (Å²) in [5, 5.41) is 7.16. The van der Waals surface area contributed by atoms with Gasteiger partial charge in [0.2, 0.25) is 5.91 Å². The van der Waals surface area contributed by atoms with Gasteiger partial charge in [-0.1, -0.05) is 33.8 Å². The molecule has 1 aromatic carbocycles. The number of benzene rings is 1. The molecule has 1 N–H and O–H groups in total. The molecule has 1 atom stereocenters. The number of aromatic amines is 1. The maximum Gasteiger partial charge on any atom is 0.240 e. The van der Waals surface area contributed by atoms with Crippen LogP contribution in [0.25, 0.3) is 0 Å². The van der Waals surface area contributed by atoms with Crippen molar-refractivity contribution in [3.05, 3.63) is 35.1 Å². The van der Waals surface area contributed by atoms with Crippen LogP contribution in [0.2, 0.25) is 0 Å². The fraction of sp³-hybridized carbons (Fsp3) is 0.250. The molecule has 19 heavy (non-hydrogen) atoms.